The molecule has 0 aromatic heterocycles. The van der Waals surface area contributed by atoms with Crippen LogP contribution in [0.25, 0.3) is 0 Å². The fraction of sp³-hybridized carbons (Fsp3) is 0.667. The first-order valence-corrected chi connectivity index (χ1v) is 5.35. The topological polar surface area (TPSA) is 161 Å². The number of Topliss-reactive ketones (excluding diaryl/α,β-unsaturated/α-hetero) is 2. The van der Waals surface area contributed by atoms with E-state index in [-0.39, 0.29) is 33.3 Å². The van der Waals surface area contributed by atoms with Gasteiger partial charge >= 0.3 is 21.7 Å². The van der Waals surface area contributed by atoms with E-state index in [2.05, 4.69) is 0 Å². The van der Waals surface area contributed by atoms with E-state index in [9.17, 15) is 29.4 Å². The fourth-order valence-corrected chi connectivity index (χ4v) is 0.332. The Kier molecular flexibility index (Phi) is 32.4. The Morgan fingerprint density at radius 3 is 0.810 bits per heavy atom. The molecule has 0 saturated carbocycles. The van der Waals surface area contributed by atoms with E-state index in [1.54, 1.807) is 0 Å². The average molecular weight is 340 g/mol. The van der Waals surface area contributed by atoms with Crippen LogP contribution in [0.3, 0.4) is 0 Å². The van der Waals surface area contributed by atoms with Gasteiger partial charge in [0.1, 0.15) is 11.6 Å². The van der Waals surface area contributed by atoms with E-state index in [0.717, 1.165) is 14.2 Å². The zero-order valence-corrected chi connectivity index (χ0v) is 14.5. The Hall–Kier alpha value is -1.09. The van der Waals surface area contributed by atoms with Gasteiger partial charge in [0.15, 0.2) is 0 Å². The predicted molar refractivity (Wildman–Crippen MR) is 61.6 cm³/mol. The van der Waals surface area contributed by atoms with Gasteiger partial charge in [0.25, 0.3) is 0 Å². The summed E-state index contributed by atoms with van der Waals surface area (Å²) in [7, 11) is 1.50. The normalized spacial score (nSPS) is 10.3. The van der Waals surface area contributed by atoms with Crippen molar-refractivity contribution in [3.8, 4) is 0 Å². The molecule has 0 spiro atoms. The van der Waals surface area contributed by atoms with E-state index < -0.39 is 23.8 Å². The number of carboxylic acid groups (broad SMARTS) is 2. The van der Waals surface area contributed by atoms with Crippen molar-refractivity contribution < 1.29 is 61.3 Å². The number of ketones is 2. The molecule has 0 saturated heterocycles. The summed E-state index contributed by atoms with van der Waals surface area (Å²) in [4.78, 5) is 39.9. The summed E-state index contributed by atoms with van der Waals surface area (Å²) in [5.74, 6) is -5.28. The number of carbonyl (C=O) groups excluding carboxylic acids is 4. The number of rotatable bonds is 4. The molecule has 0 bridgehead atoms. The number of hydrogen-bond donors (Lipinski definition) is 0. The molecule has 0 aliphatic rings. The van der Waals surface area contributed by atoms with Gasteiger partial charge in [-0.05, 0) is 13.8 Å². The van der Waals surface area contributed by atoms with Crippen LogP contribution in [0.4, 0.5) is 0 Å². The molecule has 0 aliphatic carbocycles. The van der Waals surface area contributed by atoms with Crippen molar-refractivity contribution in [1.29, 1.82) is 0 Å². The minimum Gasteiger partial charge on any atom is -0.857 e. The minimum atomic E-state index is -1.31. The molecule has 0 radical (unpaired) electrons. The van der Waals surface area contributed by atoms with Gasteiger partial charge in [0.05, 0.1) is 23.8 Å². The molecule has 0 N–H and O–H groups in total. The molecule has 8 nitrogen and oxygen atoms in total. The number of aliphatic carboxylic acids is 2. The molecule has 0 aliphatic heterocycles. The van der Waals surface area contributed by atoms with E-state index in [0.29, 0.717) is 0 Å². The molecule has 2 unspecified atom stereocenters. The Balaban J connectivity index is -0.0000000630. The van der Waals surface area contributed by atoms with Crippen LogP contribution in [0.1, 0.15) is 27.7 Å². The molecule has 0 fully saturated rings. The van der Waals surface area contributed by atoms with Crippen molar-refractivity contribution in [1.82, 2.24) is 0 Å². The van der Waals surface area contributed by atoms with Crippen molar-refractivity contribution >= 4 is 23.5 Å². The predicted octanol–water partition coefficient (Wildman–Crippen LogP) is -4.13. The molecule has 0 heterocycles. The first kappa shape index (κ1) is 32.0. The van der Waals surface area contributed by atoms with E-state index in [1.165, 1.54) is 27.7 Å². The summed E-state index contributed by atoms with van der Waals surface area (Å²) in [6.45, 7) is 5.05. The van der Waals surface area contributed by atoms with Crippen molar-refractivity contribution in [2.24, 2.45) is 11.8 Å². The molecular weight excluding hydrogens is 320 g/mol. The molecular formula is C12H20O8Ti. The molecule has 0 aromatic rings. The second-order valence-corrected chi connectivity index (χ2v) is 3.30. The summed E-state index contributed by atoms with van der Waals surface area (Å²) >= 11 is 0. The van der Waals surface area contributed by atoms with Crippen LogP contribution >= 0.6 is 0 Å². The summed E-state index contributed by atoms with van der Waals surface area (Å²) in [5, 5.41) is 36.1. The molecule has 9 heteroatoms. The minimum absolute atomic E-state index is 0. The summed E-state index contributed by atoms with van der Waals surface area (Å²) in [6.07, 6.45) is 0. The SMILES string of the molecule is CC(=O)C(C)C(=O)[O-].CC(=O)C(C)C(=O)[O-].C[O-].C[O-].[Ti+4]. The second kappa shape index (κ2) is 21.2. The van der Waals surface area contributed by atoms with Gasteiger partial charge in [0, 0.05) is 0 Å². The van der Waals surface area contributed by atoms with Crippen molar-refractivity contribution in [2.75, 3.05) is 14.2 Å². The maximum Gasteiger partial charge on any atom is 4.00 e. The van der Waals surface area contributed by atoms with Gasteiger partial charge in [-0.1, -0.05) is 13.8 Å². The third-order valence-electron chi connectivity index (χ3n) is 1.93. The second-order valence-electron chi connectivity index (χ2n) is 3.30. The third kappa shape index (κ3) is 24.3. The number of carboxylic acids is 2. The van der Waals surface area contributed by atoms with Crippen LogP contribution in [0, 0.1) is 11.8 Å². The Morgan fingerprint density at radius 2 is 0.810 bits per heavy atom. The van der Waals surface area contributed by atoms with Crippen LogP contribution < -0.4 is 20.4 Å². The molecule has 120 valence electrons. The molecule has 0 amide bonds. The maximum atomic E-state index is 10.2. The molecule has 0 aromatic carbocycles. The molecule has 21 heavy (non-hydrogen) atoms. The van der Waals surface area contributed by atoms with Crippen LogP contribution in [-0.4, -0.2) is 37.7 Å². The standard InChI is InChI=1S/2C5H8O3.2CH3O.Ti/c2*1-3(4(2)6)5(7)8;2*1-2;/h2*3H,1-2H3,(H,7,8);2*1H3;/q;;2*-1;+4/p-2. The monoisotopic (exact) mass is 340 g/mol. The smallest absolute Gasteiger partial charge is 0.857 e. The molecule has 2 atom stereocenters. The zero-order chi connectivity index (χ0) is 17.5. The maximum absolute atomic E-state index is 10.2. The van der Waals surface area contributed by atoms with Crippen LogP contribution in [0.2, 0.25) is 0 Å². The van der Waals surface area contributed by atoms with Crippen molar-refractivity contribution in [3.05, 3.63) is 0 Å². The van der Waals surface area contributed by atoms with Crippen LogP contribution in [0.15, 0.2) is 0 Å². The first-order valence-electron chi connectivity index (χ1n) is 5.35. The average Bonchev–Trinajstić information content (AvgIpc) is 2.41. The van der Waals surface area contributed by atoms with Crippen molar-refractivity contribution in [3.63, 3.8) is 0 Å². The van der Waals surface area contributed by atoms with Gasteiger partial charge in [-0.25, -0.2) is 0 Å². The Morgan fingerprint density at radius 1 is 0.667 bits per heavy atom. The van der Waals surface area contributed by atoms with E-state index in [4.69, 9.17) is 10.2 Å². The van der Waals surface area contributed by atoms with Crippen LogP contribution in [0.5, 0.6) is 0 Å². The summed E-state index contributed by atoms with van der Waals surface area (Å²) in [6, 6.07) is 0. The van der Waals surface area contributed by atoms with Gasteiger partial charge in [-0.3, -0.25) is 9.59 Å². The largest absolute Gasteiger partial charge is 4.00 e. The van der Waals surface area contributed by atoms with Crippen LogP contribution in [-0.2, 0) is 40.9 Å². The summed E-state index contributed by atoms with van der Waals surface area (Å²) < 4.78 is 0. The van der Waals surface area contributed by atoms with Gasteiger partial charge in [0.2, 0.25) is 0 Å². The van der Waals surface area contributed by atoms with E-state index in [1.807, 2.05) is 0 Å². The van der Waals surface area contributed by atoms with E-state index >= 15 is 0 Å². The fourth-order valence-electron chi connectivity index (χ4n) is 0.332. The quantitative estimate of drug-likeness (QED) is 0.368. The van der Waals surface area contributed by atoms with Gasteiger partial charge < -0.3 is 30.0 Å². The van der Waals surface area contributed by atoms with Crippen molar-refractivity contribution in [2.45, 2.75) is 27.7 Å². The van der Waals surface area contributed by atoms with Gasteiger partial charge in [-0.2, -0.15) is 14.2 Å². The number of hydrogen-bond acceptors (Lipinski definition) is 8. The third-order valence-corrected chi connectivity index (χ3v) is 1.93. The first-order chi connectivity index (χ1) is 9.11. The Bertz CT molecular complexity index is 246. The van der Waals surface area contributed by atoms with Gasteiger partial charge in [-0.15, -0.1) is 0 Å². The number of carbonyl (C=O) groups is 4. The summed E-state index contributed by atoms with van der Waals surface area (Å²) in [5.41, 5.74) is 0. The Labute approximate surface area is 139 Å². The molecule has 0 rings (SSSR count). The zero-order valence-electron chi connectivity index (χ0n) is 12.9.